The quantitative estimate of drug-likeness (QED) is 0.756. The Morgan fingerprint density at radius 3 is 2.64 bits per heavy atom. The molecule has 0 aliphatic rings. The van der Waals surface area contributed by atoms with Gasteiger partial charge in [-0.2, -0.15) is 13.2 Å². The molecule has 25 heavy (non-hydrogen) atoms. The first-order valence-electron chi connectivity index (χ1n) is 6.52. The number of nitrogens with one attached hydrogen (secondary N) is 2. The third-order valence-electron chi connectivity index (χ3n) is 2.80. The van der Waals surface area contributed by atoms with Crippen LogP contribution in [0.4, 0.5) is 18.3 Å². The lowest BCUT2D eigenvalue weighted by Gasteiger charge is -2.12. The summed E-state index contributed by atoms with van der Waals surface area (Å²) in [7, 11) is -4.23. The number of carbonyl (C=O) groups is 1. The molecule has 1 aromatic heterocycles. The number of anilines is 1. The van der Waals surface area contributed by atoms with Crippen molar-refractivity contribution in [2.45, 2.75) is 17.5 Å². The molecule has 2 rings (SSSR count). The molecule has 0 radical (unpaired) electrons. The SMILES string of the molecule is O=C(CCNS(=O)(=O)c1ccc(Cl)c(C(F)(F)F)c1)Nc1nncs1. The third-order valence-corrected chi connectivity index (χ3v) is 5.20. The molecule has 0 bridgehead atoms. The predicted octanol–water partition coefficient (Wildman–Crippen LogP) is 2.52. The Hall–Kier alpha value is -1.76. The zero-order valence-corrected chi connectivity index (χ0v) is 14.6. The van der Waals surface area contributed by atoms with Crippen molar-refractivity contribution >= 4 is 44.0 Å². The number of aromatic nitrogens is 2. The fourth-order valence-corrected chi connectivity index (χ4v) is 3.42. The second-order valence-corrected chi connectivity index (χ2v) is 7.59. The Morgan fingerprint density at radius 1 is 1.32 bits per heavy atom. The topological polar surface area (TPSA) is 101 Å². The summed E-state index contributed by atoms with van der Waals surface area (Å²) in [6, 6.07) is 2.23. The maximum absolute atomic E-state index is 12.8. The van der Waals surface area contributed by atoms with Crippen LogP contribution in [0.25, 0.3) is 0 Å². The van der Waals surface area contributed by atoms with E-state index in [1.165, 1.54) is 5.51 Å². The van der Waals surface area contributed by atoms with Crippen LogP contribution in [-0.4, -0.2) is 31.1 Å². The summed E-state index contributed by atoms with van der Waals surface area (Å²) in [6.07, 6.45) is -5.03. The van der Waals surface area contributed by atoms with Crippen molar-refractivity contribution in [3.63, 3.8) is 0 Å². The molecule has 0 aliphatic heterocycles. The van der Waals surface area contributed by atoms with Crippen LogP contribution < -0.4 is 10.0 Å². The van der Waals surface area contributed by atoms with Gasteiger partial charge in [0.05, 0.1) is 15.5 Å². The summed E-state index contributed by atoms with van der Waals surface area (Å²) < 4.78 is 64.5. The largest absolute Gasteiger partial charge is 0.417 e. The van der Waals surface area contributed by atoms with Gasteiger partial charge < -0.3 is 5.32 Å². The van der Waals surface area contributed by atoms with E-state index in [9.17, 15) is 26.4 Å². The van der Waals surface area contributed by atoms with E-state index >= 15 is 0 Å². The molecule has 0 saturated heterocycles. The molecule has 1 heterocycles. The molecular weight excluding hydrogens is 405 g/mol. The molecule has 0 fully saturated rings. The number of benzene rings is 1. The highest BCUT2D eigenvalue weighted by Crippen LogP contribution is 2.35. The van der Waals surface area contributed by atoms with Crippen molar-refractivity contribution in [3.8, 4) is 0 Å². The predicted molar refractivity (Wildman–Crippen MR) is 84.8 cm³/mol. The number of hydrogen-bond acceptors (Lipinski definition) is 6. The van der Waals surface area contributed by atoms with E-state index in [4.69, 9.17) is 11.6 Å². The van der Waals surface area contributed by atoms with Crippen molar-refractivity contribution in [1.82, 2.24) is 14.9 Å². The molecule has 2 aromatic rings. The van der Waals surface area contributed by atoms with E-state index in [1.54, 1.807) is 0 Å². The zero-order chi connectivity index (χ0) is 18.7. The summed E-state index contributed by atoms with van der Waals surface area (Å²) in [5, 5.41) is 9.12. The lowest BCUT2D eigenvalue weighted by atomic mass is 10.2. The maximum Gasteiger partial charge on any atom is 0.417 e. The summed E-state index contributed by atoms with van der Waals surface area (Å²) in [5.74, 6) is -0.522. The maximum atomic E-state index is 12.8. The summed E-state index contributed by atoms with van der Waals surface area (Å²) in [5.41, 5.74) is 0.142. The summed E-state index contributed by atoms with van der Waals surface area (Å²) in [6.45, 7) is -0.309. The van der Waals surface area contributed by atoms with Gasteiger partial charge in [0.15, 0.2) is 0 Å². The minimum Gasteiger partial charge on any atom is -0.300 e. The molecule has 0 aliphatic carbocycles. The van der Waals surface area contributed by atoms with Gasteiger partial charge in [-0.3, -0.25) is 4.79 Å². The first-order chi connectivity index (χ1) is 11.6. The zero-order valence-electron chi connectivity index (χ0n) is 12.2. The monoisotopic (exact) mass is 414 g/mol. The van der Waals surface area contributed by atoms with Crippen LogP contribution in [-0.2, 0) is 21.0 Å². The van der Waals surface area contributed by atoms with Gasteiger partial charge in [-0.1, -0.05) is 22.9 Å². The molecule has 0 unspecified atom stereocenters. The molecule has 2 N–H and O–H groups in total. The minimum absolute atomic E-state index is 0.238. The van der Waals surface area contributed by atoms with E-state index in [0.29, 0.717) is 6.07 Å². The van der Waals surface area contributed by atoms with Crippen LogP contribution in [0, 0.1) is 0 Å². The van der Waals surface area contributed by atoms with E-state index in [0.717, 1.165) is 23.5 Å². The third kappa shape index (κ3) is 5.36. The van der Waals surface area contributed by atoms with Crippen LogP contribution >= 0.6 is 22.9 Å². The van der Waals surface area contributed by atoms with Crippen molar-refractivity contribution < 1.29 is 26.4 Å². The van der Waals surface area contributed by atoms with Gasteiger partial charge in [0.1, 0.15) is 5.51 Å². The molecule has 0 saturated carbocycles. The van der Waals surface area contributed by atoms with Crippen LogP contribution in [0.2, 0.25) is 5.02 Å². The van der Waals surface area contributed by atoms with Gasteiger partial charge in [0.25, 0.3) is 0 Å². The second kappa shape index (κ2) is 7.64. The number of nitrogens with zero attached hydrogens (tertiary/aromatic N) is 2. The van der Waals surface area contributed by atoms with Crippen LogP contribution in [0.15, 0.2) is 28.6 Å². The van der Waals surface area contributed by atoms with Crippen molar-refractivity contribution in [2.24, 2.45) is 0 Å². The average Bonchev–Trinajstić information content (AvgIpc) is 2.98. The number of rotatable bonds is 6. The summed E-state index contributed by atoms with van der Waals surface area (Å²) >= 11 is 6.53. The molecule has 136 valence electrons. The number of sulfonamides is 1. The highest BCUT2D eigenvalue weighted by atomic mass is 35.5. The standard InChI is InChI=1S/C12H10ClF3N4O3S2/c13-9-2-1-7(5-8(9)12(14,15)16)25(22,23)18-4-3-10(21)19-11-20-17-6-24-11/h1-2,5-6,18H,3-4H2,(H,19,20,21). The Morgan fingerprint density at radius 2 is 2.04 bits per heavy atom. The van der Waals surface area contributed by atoms with Gasteiger partial charge in [-0.15, -0.1) is 10.2 Å². The average molecular weight is 415 g/mol. The molecule has 7 nitrogen and oxygen atoms in total. The molecule has 0 spiro atoms. The lowest BCUT2D eigenvalue weighted by Crippen LogP contribution is -2.28. The molecular formula is C12H10ClF3N4O3S2. The number of carbonyl (C=O) groups excluding carboxylic acids is 1. The van der Waals surface area contributed by atoms with Gasteiger partial charge in [0, 0.05) is 13.0 Å². The molecule has 0 atom stereocenters. The van der Waals surface area contributed by atoms with Crippen molar-refractivity contribution in [3.05, 3.63) is 34.3 Å². The highest BCUT2D eigenvalue weighted by molar-refractivity contribution is 7.89. The van der Waals surface area contributed by atoms with E-state index in [-0.39, 0.29) is 18.1 Å². The fraction of sp³-hybridized carbons (Fsp3) is 0.250. The van der Waals surface area contributed by atoms with Gasteiger partial charge in [-0.05, 0) is 18.2 Å². The second-order valence-electron chi connectivity index (χ2n) is 4.58. The van der Waals surface area contributed by atoms with E-state index in [2.05, 4.69) is 20.2 Å². The first-order valence-corrected chi connectivity index (χ1v) is 9.26. The highest BCUT2D eigenvalue weighted by Gasteiger charge is 2.34. The van der Waals surface area contributed by atoms with Gasteiger partial charge in [-0.25, -0.2) is 13.1 Å². The van der Waals surface area contributed by atoms with Crippen LogP contribution in [0.3, 0.4) is 0 Å². The minimum atomic E-state index is -4.79. The molecule has 1 amide bonds. The number of hydrogen-bond donors (Lipinski definition) is 2. The smallest absolute Gasteiger partial charge is 0.300 e. The summed E-state index contributed by atoms with van der Waals surface area (Å²) in [4.78, 5) is 11.0. The Labute approximate surface area is 149 Å². The Kier molecular flexibility index (Phi) is 5.98. The van der Waals surface area contributed by atoms with Crippen molar-refractivity contribution in [2.75, 3.05) is 11.9 Å². The number of halogens is 4. The van der Waals surface area contributed by atoms with Crippen LogP contribution in [0.5, 0.6) is 0 Å². The first kappa shape index (κ1) is 19.6. The Balaban J connectivity index is 2.01. The number of amides is 1. The number of alkyl halides is 3. The van der Waals surface area contributed by atoms with E-state index in [1.807, 2.05) is 0 Å². The normalized spacial score (nSPS) is 12.2. The van der Waals surface area contributed by atoms with Gasteiger partial charge in [0.2, 0.25) is 21.1 Å². The fourth-order valence-electron chi connectivity index (χ4n) is 1.68. The van der Waals surface area contributed by atoms with Gasteiger partial charge >= 0.3 is 6.18 Å². The Bertz CT molecular complexity index is 857. The lowest BCUT2D eigenvalue weighted by molar-refractivity contribution is -0.137. The molecule has 1 aromatic carbocycles. The van der Waals surface area contributed by atoms with E-state index < -0.39 is 37.6 Å². The molecule has 13 heteroatoms. The van der Waals surface area contributed by atoms with Crippen molar-refractivity contribution in [1.29, 1.82) is 0 Å². The van der Waals surface area contributed by atoms with Crippen LogP contribution in [0.1, 0.15) is 12.0 Å².